The van der Waals surface area contributed by atoms with Gasteiger partial charge in [-0.2, -0.15) is 4.31 Å². The van der Waals surface area contributed by atoms with Crippen LogP contribution >= 0.6 is 0 Å². The van der Waals surface area contributed by atoms with E-state index in [0.29, 0.717) is 0 Å². The van der Waals surface area contributed by atoms with Crippen molar-refractivity contribution in [1.29, 1.82) is 0 Å². The lowest BCUT2D eigenvalue weighted by atomic mass is 10.2. The minimum Gasteiger partial charge on any atom is -0.507 e. The molecular weight excluding hydrogens is 410 g/mol. The number of morpholine rings is 1. The first-order valence-electron chi connectivity index (χ1n) is 9.33. The number of carbonyl (C=O) groups is 2. The quantitative estimate of drug-likeness (QED) is 0.624. The second-order valence-corrected chi connectivity index (χ2v) is 8.97. The number of para-hydroxylation sites is 1. The zero-order chi connectivity index (χ0) is 21.9. The monoisotopic (exact) mass is 433 g/mol. The molecule has 3 rings (SSSR count). The molecule has 1 aliphatic heterocycles. The SMILES string of the molecule is CC1CN(S(=O)(=O)c2cccc(C(=O)NNC(=O)c3ccccc3O)c2)CC(C)O1. The van der Waals surface area contributed by atoms with Crippen LogP contribution in [-0.4, -0.2) is 54.9 Å². The third-order valence-electron chi connectivity index (χ3n) is 4.56. The summed E-state index contributed by atoms with van der Waals surface area (Å²) in [6.45, 7) is 4.05. The van der Waals surface area contributed by atoms with Gasteiger partial charge in [0.05, 0.1) is 22.7 Å². The maximum atomic E-state index is 13.0. The molecule has 0 aromatic heterocycles. The Labute approximate surface area is 174 Å². The van der Waals surface area contributed by atoms with Gasteiger partial charge in [-0.15, -0.1) is 0 Å². The number of sulfonamides is 1. The number of rotatable bonds is 4. The number of hydrogen-bond donors (Lipinski definition) is 3. The van der Waals surface area contributed by atoms with Crippen LogP contribution in [0.25, 0.3) is 0 Å². The molecule has 0 radical (unpaired) electrons. The van der Waals surface area contributed by atoms with Gasteiger partial charge in [0.1, 0.15) is 5.75 Å². The van der Waals surface area contributed by atoms with E-state index in [4.69, 9.17) is 4.74 Å². The largest absolute Gasteiger partial charge is 0.507 e. The Morgan fingerprint density at radius 3 is 2.30 bits per heavy atom. The fourth-order valence-corrected chi connectivity index (χ4v) is 4.83. The highest BCUT2D eigenvalue weighted by atomic mass is 32.2. The highest BCUT2D eigenvalue weighted by Crippen LogP contribution is 2.22. The summed E-state index contributed by atoms with van der Waals surface area (Å²) in [7, 11) is -3.81. The first-order valence-corrected chi connectivity index (χ1v) is 10.8. The fraction of sp³-hybridized carbons (Fsp3) is 0.300. The van der Waals surface area contributed by atoms with Crippen LogP contribution in [0.2, 0.25) is 0 Å². The molecule has 1 aliphatic rings. The molecule has 30 heavy (non-hydrogen) atoms. The smallest absolute Gasteiger partial charge is 0.273 e. The van der Waals surface area contributed by atoms with E-state index in [1.807, 2.05) is 0 Å². The Hall–Kier alpha value is -2.95. The van der Waals surface area contributed by atoms with E-state index in [1.54, 1.807) is 26.0 Å². The normalized spacial score (nSPS) is 19.8. The lowest BCUT2D eigenvalue weighted by Gasteiger charge is -2.34. The summed E-state index contributed by atoms with van der Waals surface area (Å²) in [4.78, 5) is 24.5. The van der Waals surface area contributed by atoms with Gasteiger partial charge in [0, 0.05) is 18.7 Å². The van der Waals surface area contributed by atoms with Crippen molar-refractivity contribution < 1.29 is 27.9 Å². The van der Waals surface area contributed by atoms with Crippen molar-refractivity contribution in [3.63, 3.8) is 0 Å². The Kier molecular flexibility index (Phi) is 6.40. The summed E-state index contributed by atoms with van der Waals surface area (Å²) in [6.07, 6.45) is -0.473. The van der Waals surface area contributed by atoms with Crippen LogP contribution in [0.1, 0.15) is 34.6 Å². The van der Waals surface area contributed by atoms with Crippen molar-refractivity contribution in [2.75, 3.05) is 13.1 Å². The van der Waals surface area contributed by atoms with Gasteiger partial charge in [-0.3, -0.25) is 20.4 Å². The van der Waals surface area contributed by atoms with Gasteiger partial charge < -0.3 is 9.84 Å². The Balaban J connectivity index is 1.72. The molecule has 1 saturated heterocycles. The molecule has 1 heterocycles. The third kappa shape index (κ3) is 4.78. The topological polar surface area (TPSA) is 125 Å². The molecule has 2 atom stereocenters. The predicted molar refractivity (Wildman–Crippen MR) is 108 cm³/mol. The van der Waals surface area contributed by atoms with E-state index in [2.05, 4.69) is 10.9 Å². The maximum absolute atomic E-state index is 13.0. The lowest BCUT2D eigenvalue weighted by Crippen LogP contribution is -2.48. The lowest BCUT2D eigenvalue weighted by molar-refractivity contribution is -0.0440. The molecule has 2 unspecified atom stereocenters. The number of phenolic OH excluding ortho intramolecular Hbond substituents is 1. The van der Waals surface area contributed by atoms with E-state index in [1.165, 1.54) is 40.7 Å². The van der Waals surface area contributed by atoms with E-state index in [-0.39, 0.29) is 47.1 Å². The molecular formula is C20H23N3O6S. The van der Waals surface area contributed by atoms with Gasteiger partial charge in [-0.1, -0.05) is 18.2 Å². The molecule has 0 saturated carbocycles. The maximum Gasteiger partial charge on any atom is 0.273 e. The zero-order valence-corrected chi connectivity index (χ0v) is 17.3. The van der Waals surface area contributed by atoms with Crippen LogP contribution in [0.5, 0.6) is 5.75 Å². The number of nitrogens with one attached hydrogen (secondary N) is 2. The van der Waals surface area contributed by atoms with Gasteiger partial charge in [-0.05, 0) is 44.2 Å². The van der Waals surface area contributed by atoms with Crippen molar-refractivity contribution in [2.24, 2.45) is 0 Å². The fourth-order valence-electron chi connectivity index (χ4n) is 3.19. The minimum atomic E-state index is -3.81. The zero-order valence-electron chi connectivity index (χ0n) is 16.5. The molecule has 10 heteroatoms. The number of benzene rings is 2. The Morgan fingerprint density at radius 1 is 1.00 bits per heavy atom. The number of amides is 2. The number of hydrazine groups is 1. The molecule has 0 bridgehead atoms. The third-order valence-corrected chi connectivity index (χ3v) is 6.39. The number of nitrogens with zero attached hydrogens (tertiary/aromatic N) is 1. The van der Waals surface area contributed by atoms with E-state index in [0.717, 1.165) is 0 Å². The summed E-state index contributed by atoms with van der Waals surface area (Å²) in [5.41, 5.74) is 4.46. The van der Waals surface area contributed by atoms with Crippen molar-refractivity contribution in [1.82, 2.24) is 15.2 Å². The Morgan fingerprint density at radius 2 is 1.63 bits per heavy atom. The highest BCUT2D eigenvalue weighted by molar-refractivity contribution is 7.89. The number of ether oxygens (including phenoxy) is 1. The minimum absolute atomic E-state index is 0.00955. The predicted octanol–water partition coefficient (Wildman–Crippen LogP) is 1.26. The van der Waals surface area contributed by atoms with Crippen molar-refractivity contribution in [3.05, 3.63) is 59.7 Å². The number of hydrogen-bond acceptors (Lipinski definition) is 6. The number of carbonyl (C=O) groups excluding carboxylic acids is 2. The van der Waals surface area contributed by atoms with Crippen molar-refractivity contribution >= 4 is 21.8 Å². The van der Waals surface area contributed by atoms with Crippen LogP contribution in [-0.2, 0) is 14.8 Å². The molecule has 0 spiro atoms. The summed E-state index contributed by atoms with van der Waals surface area (Å²) in [6, 6.07) is 11.4. The Bertz CT molecular complexity index is 1050. The molecule has 2 aromatic carbocycles. The van der Waals surface area contributed by atoms with Gasteiger partial charge in [0.15, 0.2) is 0 Å². The number of aromatic hydroxyl groups is 1. The van der Waals surface area contributed by atoms with Gasteiger partial charge in [-0.25, -0.2) is 8.42 Å². The van der Waals surface area contributed by atoms with Crippen molar-refractivity contribution in [3.8, 4) is 5.75 Å². The first-order chi connectivity index (χ1) is 14.2. The average molecular weight is 433 g/mol. The van der Waals surface area contributed by atoms with E-state index in [9.17, 15) is 23.1 Å². The van der Waals surface area contributed by atoms with Crippen molar-refractivity contribution in [2.45, 2.75) is 31.0 Å². The average Bonchev–Trinajstić information content (AvgIpc) is 2.71. The standard InChI is InChI=1S/C20H23N3O6S/c1-13-11-23(12-14(2)29-13)30(27,28)16-7-5-6-15(10-16)19(25)21-22-20(26)17-8-3-4-9-18(17)24/h3-10,13-14,24H,11-12H2,1-2H3,(H,21,25)(H,22,26). The number of phenols is 1. The van der Waals surface area contributed by atoms with E-state index >= 15 is 0 Å². The summed E-state index contributed by atoms with van der Waals surface area (Å²) >= 11 is 0. The molecule has 1 fully saturated rings. The van der Waals surface area contributed by atoms with E-state index < -0.39 is 21.8 Å². The van der Waals surface area contributed by atoms with Crippen LogP contribution in [0.4, 0.5) is 0 Å². The van der Waals surface area contributed by atoms with Crippen LogP contribution < -0.4 is 10.9 Å². The summed E-state index contributed by atoms with van der Waals surface area (Å²) in [5.74, 6) is -1.63. The van der Waals surface area contributed by atoms with Gasteiger partial charge in [0.25, 0.3) is 11.8 Å². The van der Waals surface area contributed by atoms with Crippen LogP contribution in [0.3, 0.4) is 0 Å². The second kappa shape index (κ2) is 8.82. The van der Waals surface area contributed by atoms with Crippen LogP contribution in [0.15, 0.2) is 53.4 Å². The highest BCUT2D eigenvalue weighted by Gasteiger charge is 2.32. The summed E-state index contributed by atoms with van der Waals surface area (Å²) < 4.78 is 32.9. The summed E-state index contributed by atoms with van der Waals surface area (Å²) in [5, 5.41) is 9.70. The first kappa shape index (κ1) is 21.8. The molecule has 2 amide bonds. The van der Waals surface area contributed by atoms with Gasteiger partial charge >= 0.3 is 0 Å². The molecule has 0 aliphatic carbocycles. The molecule has 2 aromatic rings. The van der Waals surface area contributed by atoms with Crippen LogP contribution in [0, 0.1) is 0 Å². The molecule has 3 N–H and O–H groups in total. The molecule has 160 valence electrons. The molecule has 9 nitrogen and oxygen atoms in total. The second-order valence-electron chi connectivity index (χ2n) is 7.03. The van der Waals surface area contributed by atoms with Gasteiger partial charge in [0.2, 0.25) is 10.0 Å².